The molecule has 1 aliphatic heterocycles. The fourth-order valence-corrected chi connectivity index (χ4v) is 4.65. The molecule has 0 atom stereocenters. The second-order valence-corrected chi connectivity index (χ2v) is 9.59. The van der Waals surface area contributed by atoms with Gasteiger partial charge in [-0.15, -0.1) is 11.8 Å². The number of carbonyl (C=O) groups excluding carboxylic acids is 1. The maximum atomic E-state index is 12.8. The molecule has 0 aliphatic carbocycles. The minimum absolute atomic E-state index is 0.0669. The smallest absolute Gasteiger partial charge is 0.262 e. The number of carbonyl (C=O) groups is 1. The highest BCUT2D eigenvalue weighted by atomic mass is 32.2. The molecular formula is C23H22N2O5S2. The zero-order valence-electron chi connectivity index (χ0n) is 17.3. The molecule has 166 valence electrons. The molecule has 9 heteroatoms. The van der Waals surface area contributed by atoms with Crippen molar-refractivity contribution in [1.29, 1.82) is 0 Å². The first-order valence-corrected chi connectivity index (χ1v) is 12.6. The van der Waals surface area contributed by atoms with E-state index in [0.29, 0.717) is 41.7 Å². The van der Waals surface area contributed by atoms with E-state index in [-0.39, 0.29) is 10.8 Å². The van der Waals surface area contributed by atoms with E-state index in [9.17, 15) is 13.2 Å². The monoisotopic (exact) mass is 470 g/mol. The first kappa shape index (κ1) is 22.0. The number of amides is 1. The van der Waals surface area contributed by atoms with Gasteiger partial charge in [-0.25, -0.2) is 8.42 Å². The van der Waals surface area contributed by atoms with Crippen molar-refractivity contribution in [1.82, 2.24) is 0 Å². The summed E-state index contributed by atoms with van der Waals surface area (Å²) in [5, 5.41) is 2.84. The molecule has 7 nitrogen and oxygen atoms in total. The van der Waals surface area contributed by atoms with Gasteiger partial charge in [-0.2, -0.15) is 0 Å². The van der Waals surface area contributed by atoms with Crippen LogP contribution in [-0.2, 0) is 10.0 Å². The Balaban J connectivity index is 1.46. The molecular weight excluding hydrogens is 448 g/mol. The Morgan fingerprint density at radius 1 is 0.906 bits per heavy atom. The predicted octanol–water partition coefficient (Wildman–Crippen LogP) is 4.62. The normalized spacial score (nSPS) is 13.2. The van der Waals surface area contributed by atoms with E-state index in [1.807, 2.05) is 30.5 Å². The number of benzene rings is 3. The average molecular weight is 471 g/mol. The Bertz CT molecular complexity index is 1230. The minimum atomic E-state index is -3.84. The van der Waals surface area contributed by atoms with E-state index in [2.05, 4.69) is 10.0 Å². The number of ether oxygens (including phenoxy) is 2. The first-order chi connectivity index (χ1) is 15.4. The van der Waals surface area contributed by atoms with Gasteiger partial charge in [0.1, 0.15) is 0 Å². The van der Waals surface area contributed by atoms with Gasteiger partial charge >= 0.3 is 0 Å². The highest BCUT2D eigenvalue weighted by Crippen LogP contribution is 2.32. The Morgan fingerprint density at radius 3 is 2.41 bits per heavy atom. The van der Waals surface area contributed by atoms with Gasteiger partial charge in [0.2, 0.25) is 0 Å². The van der Waals surface area contributed by atoms with Crippen LogP contribution in [-0.4, -0.2) is 33.8 Å². The molecule has 0 saturated carbocycles. The van der Waals surface area contributed by atoms with Crippen LogP contribution in [0.1, 0.15) is 16.8 Å². The summed E-state index contributed by atoms with van der Waals surface area (Å²) in [5.74, 6) is 0.656. The van der Waals surface area contributed by atoms with Crippen LogP contribution in [0.4, 0.5) is 11.4 Å². The third-order valence-corrected chi connectivity index (χ3v) is 6.86. The third-order valence-electron chi connectivity index (χ3n) is 4.76. The van der Waals surface area contributed by atoms with Crippen LogP contribution in [0.5, 0.6) is 11.5 Å². The maximum Gasteiger partial charge on any atom is 0.262 e. The van der Waals surface area contributed by atoms with Gasteiger partial charge in [0.05, 0.1) is 18.1 Å². The lowest BCUT2D eigenvalue weighted by Gasteiger charge is -2.12. The Morgan fingerprint density at radius 2 is 1.66 bits per heavy atom. The van der Waals surface area contributed by atoms with E-state index in [1.165, 1.54) is 12.1 Å². The first-order valence-electron chi connectivity index (χ1n) is 9.92. The standard InChI is InChI=1S/C23H22N2O5S2/c1-31-19-5-2-4-18(14-19)24-23(26)16-6-8-17(9-7-16)25-32(27,28)20-10-11-21-22(15-20)30-13-3-12-29-21/h2,4-11,14-15,25H,3,12-13H2,1H3,(H,24,26). The number of sulfonamides is 1. The summed E-state index contributed by atoms with van der Waals surface area (Å²) in [4.78, 5) is 13.6. The largest absolute Gasteiger partial charge is 0.490 e. The van der Waals surface area contributed by atoms with Crippen molar-refractivity contribution < 1.29 is 22.7 Å². The third kappa shape index (κ3) is 5.17. The molecule has 0 radical (unpaired) electrons. The summed E-state index contributed by atoms with van der Waals surface area (Å²) in [6.45, 7) is 0.995. The van der Waals surface area contributed by atoms with E-state index in [0.717, 1.165) is 11.3 Å². The minimum Gasteiger partial charge on any atom is -0.490 e. The molecule has 1 aliphatic rings. The van der Waals surface area contributed by atoms with Gasteiger partial charge in [-0.1, -0.05) is 6.07 Å². The van der Waals surface area contributed by atoms with Gasteiger partial charge in [-0.3, -0.25) is 9.52 Å². The predicted molar refractivity (Wildman–Crippen MR) is 125 cm³/mol. The van der Waals surface area contributed by atoms with Gasteiger partial charge in [0.25, 0.3) is 15.9 Å². The van der Waals surface area contributed by atoms with Crippen molar-refractivity contribution >= 4 is 39.1 Å². The molecule has 1 heterocycles. The summed E-state index contributed by atoms with van der Waals surface area (Å²) < 4.78 is 39.3. The molecule has 3 aromatic carbocycles. The Kier molecular flexibility index (Phi) is 6.57. The lowest BCUT2D eigenvalue weighted by atomic mass is 10.2. The number of rotatable bonds is 6. The molecule has 0 saturated heterocycles. The molecule has 0 bridgehead atoms. The van der Waals surface area contributed by atoms with Crippen molar-refractivity contribution in [2.45, 2.75) is 16.2 Å². The number of fused-ring (bicyclic) bond motifs is 1. The fraction of sp³-hybridized carbons (Fsp3) is 0.174. The van der Waals surface area contributed by atoms with Gasteiger partial charge in [0.15, 0.2) is 11.5 Å². The SMILES string of the molecule is CSc1cccc(NC(=O)c2ccc(NS(=O)(=O)c3ccc4c(c3)OCCCO4)cc2)c1. The van der Waals surface area contributed by atoms with Gasteiger partial charge < -0.3 is 14.8 Å². The van der Waals surface area contributed by atoms with Crippen molar-refractivity contribution in [3.8, 4) is 11.5 Å². The van der Waals surface area contributed by atoms with Crippen LogP contribution in [0.25, 0.3) is 0 Å². The number of anilines is 2. The van der Waals surface area contributed by atoms with E-state index < -0.39 is 10.0 Å². The molecule has 1 amide bonds. The van der Waals surface area contributed by atoms with Crippen molar-refractivity contribution in [2.24, 2.45) is 0 Å². The quantitative estimate of drug-likeness (QED) is 0.511. The van der Waals surface area contributed by atoms with Crippen LogP contribution < -0.4 is 19.5 Å². The number of thioether (sulfide) groups is 1. The number of nitrogens with one attached hydrogen (secondary N) is 2. The maximum absolute atomic E-state index is 12.8. The van der Waals surface area contributed by atoms with Crippen molar-refractivity contribution in [3.63, 3.8) is 0 Å². The summed E-state index contributed by atoms with van der Waals surface area (Å²) >= 11 is 1.59. The second-order valence-electron chi connectivity index (χ2n) is 7.03. The van der Waals surface area contributed by atoms with Crippen molar-refractivity contribution in [3.05, 3.63) is 72.3 Å². The molecule has 4 rings (SSSR count). The number of hydrogen-bond donors (Lipinski definition) is 2. The van der Waals surface area contributed by atoms with E-state index >= 15 is 0 Å². The molecule has 3 aromatic rings. The lowest BCUT2D eigenvalue weighted by Crippen LogP contribution is -2.14. The number of hydrogen-bond acceptors (Lipinski definition) is 6. The van der Waals surface area contributed by atoms with Crippen LogP contribution in [0, 0.1) is 0 Å². The Hall–Kier alpha value is -3.17. The molecule has 0 fully saturated rings. The lowest BCUT2D eigenvalue weighted by molar-refractivity contribution is 0.102. The van der Waals surface area contributed by atoms with Crippen LogP contribution >= 0.6 is 11.8 Å². The zero-order chi connectivity index (χ0) is 22.6. The molecule has 0 spiro atoms. The fourth-order valence-electron chi connectivity index (χ4n) is 3.12. The summed E-state index contributed by atoms with van der Waals surface area (Å²) in [6.07, 6.45) is 2.70. The molecule has 0 unspecified atom stereocenters. The molecule has 32 heavy (non-hydrogen) atoms. The summed E-state index contributed by atoms with van der Waals surface area (Å²) in [5.41, 5.74) is 1.46. The summed E-state index contributed by atoms with van der Waals surface area (Å²) in [6, 6.07) is 18.3. The van der Waals surface area contributed by atoms with Gasteiger partial charge in [0, 0.05) is 34.3 Å². The second kappa shape index (κ2) is 9.54. The molecule has 0 aromatic heterocycles. The highest BCUT2D eigenvalue weighted by molar-refractivity contribution is 7.98. The van der Waals surface area contributed by atoms with Crippen LogP contribution in [0.2, 0.25) is 0 Å². The average Bonchev–Trinajstić information content (AvgIpc) is 3.04. The van der Waals surface area contributed by atoms with E-state index in [4.69, 9.17) is 9.47 Å². The zero-order valence-corrected chi connectivity index (χ0v) is 19.0. The van der Waals surface area contributed by atoms with E-state index in [1.54, 1.807) is 42.1 Å². The van der Waals surface area contributed by atoms with Crippen LogP contribution in [0.3, 0.4) is 0 Å². The van der Waals surface area contributed by atoms with Gasteiger partial charge in [-0.05, 0) is 60.9 Å². The topological polar surface area (TPSA) is 93.7 Å². The van der Waals surface area contributed by atoms with Crippen LogP contribution in [0.15, 0.2) is 76.5 Å². The highest BCUT2D eigenvalue weighted by Gasteiger charge is 2.19. The summed E-state index contributed by atoms with van der Waals surface area (Å²) in [7, 11) is -3.84. The Labute approximate surface area is 191 Å². The van der Waals surface area contributed by atoms with Crippen molar-refractivity contribution in [2.75, 3.05) is 29.5 Å². The molecule has 2 N–H and O–H groups in total.